The molecule has 4 nitrogen and oxygen atoms in total. The highest BCUT2D eigenvalue weighted by Gasteiger charge is 2.20. The highest BCUT2D eigenvalue weighted by Crippen LogP contribution is 2.24. The van der Waals surface area contributed by atoms with Crippen LogP contribution in [0.25, 0.3) is 0 Å². The summed E-state index contributed by atoms with van der Waals surface area (Å²) in [6, 6.07) is 13.3. The molecule has 2 atom stereocenters. The summed E-state index contributed by atoms with van der Waals surface area (Å²) in [5, 5.41) is 3.07. The van der Waals surface area contributed by atoms with Crippen LogP contribution in [0.15, 0.2) is 46.9 Å². The number of rotatable bonds is 7. The van der Waals surface area contributed by atoms with Crippen LogP contribution in [0.1, 0.15) is 37.4 Å². The zero-order valence-electron chi connectivity index (χ0n) is 15.0. The molecule has 2 aromatic carbocycles. The van der Waals surface area contributed by atoms with Gasteiger partial charge in [-0.25, -0.2) is 0 Å². The number of amides is 1. The van der Waals surface area contributed by atoms with Crippen molar-refractivity contribution >= 4 is 21.8 Å². The third kappa shape index (κ3) is 5.23. The molecule has 0 aliphatic rings. The summed E-state index contributed by atoms with van der Waals surface area (Å²) in [6.07, 6.45) is 0.220. The van der Waals surface area contributed by atoms with Gasteiger partial charge in [0.25, 0.3) is 5.91 Å². The molecule has 0 fully saturated rings. The summed E-state index contributed by atoms with van der Waals surface area (Å²) in [4.78, 5) is 12.5. The number of methoxy groups -OCH3 is 1. The number of benzene rings is 2. The van der Waals surface area contributed by atoms with E-state index in [-0.39, 0.29) is 11.9 Å². The second-order valence-corrected chi connectivity index (χ2v) is 6.83. The first-order valence-corrected chi connectivity index (χ1v) is 9.11. The number of nitrogens with one attached hydrogen (secondary N) is 1. The van der Waals surface area contributed by atoms with Crippen LogP contribution in [0.2, 0.25) is 0 Å². The van der Waals surface area contributed by atoms with Crippen molar-refractivity contribution in [3.8, 4) is 11.5 Å². The number of carbonyl (C=O) groups excluding carboxylic acids is 1. The van der Waals surface area contributed by atoms with Crippen LogP contribution >= 0.6 is 15.9 Å². The Morgan fingerprint density at radius 1 is 1.20 bits per heavy atom. The van der Waals surface area contributed by atoms with E-state index in [9.17, 15) is 4.79 Å². The van der Waals surface area contributed by atoms with Crippen LogP contribution in [-0.2, 0) is 4.79 Å². The monoisotopic (exact) mass is 405 g/mol. The zero-order chi connectivity index (χ0) is 18.4. The molecule has 0 bridgehead atoms. The number of carbonyl (C=O) groups is 1. The molecule has 1 N–H and O–H groups in total. The molecule has 2 unspecified atom stereocenters. The molecule has 1 amide bonds. The first kappa shape index (κ1) is 19.3. The number of halogens is 1. The normalized spacial score (nSPS) is 13.0. The van der Waals surface area contributed by atoms with Crippen molar-refractivity contribution in [2.75, 3.05) is 7.11 Å². The molecule has 0 saturated heterocycles. The first-order valence-electron chi connectivity index (χ1n) is 8.31. The van der Waals surface area contributed by atoms with Crippen molar-refractivity contribution in [3.05, 3.63) is 58.1 Å². The summed E-state index contributed by atoms with van der Waals surface area (Å²) in [6.45, 7) is 5.80. The molecule has 0 aliphatic heterocycles. The van der Waals surface area contributed by atoms with Crippen LogP contribution < -0.4 is 14.8 Å². The fourth-order valence-corrected chi connectivity index (χ4v) is 2.86. The second kappa shape index (κ2) is 8.90. The lowest BCUT2D eigenvalue weighted by atomic mass is 10.0. The van der Waals surface area contributed by atoms with E-state index >= 15 is 0 Å². The topological polar surface area (TPSA) is 47.6 Å². The molecule has 0 saturated carbocycles. The highest BCUT2D eigenvalue weighted by molar-refractivity contribution is 9.10. The minimum atomic E-state index is -0.574. The van der Waals surface area contributed by atoms with Crippen LogP contribution in [-0.4, -0.2) is 19.1 Å². The van der Waals surface area contributed by atoms with Crippen LogP contribution in [0, 0.1) is 6.92 Å². The SMILES string of the molecule is CCC(NC(=O)C(C)Oc1ccc(Br)cc1)c1ccc(OC)c(C)c1. The molecule has 5 heteroatoms. The minimum Gasteiger partial charge on any atom is -0.496 e. The quantitative estimate of drug-likeness (QED) is 0.719. The third-order valence-electron chi connectivity index (χ3n) is 4.04. The molecule has 0 aromatic heterocycles. The maximum absolute atomic E-state index is 12.5. The van der Waals surface area contributed by atoms with Crippen molar-refractivity contribution < 1.29 is 14.3 Å². The minimum absolute atomic E-state index is 0.0620. The van der Waals surface area contributed by atoms with E-state index in [1.165, 1.54) is 0 Å². The molecule has 25 heavy (non-hydrogen) atoms. The maximum Gasteiger partial charge on any atom is 0.261 e. The van der Waals surface area contributed by atoms with Gasteiger partial charge in [0, 0.05) is 4.47 Å². The standard InChI is InChI=1S/C20H24BrNO3/c1-5-18(15-6-11-19(24-4)13(2)12-15)22-20(23)14(3)25-17-9-7-16(21)8-10-17/h6-12,14,18H,5H2,1-4H3,(H,22,23). The van der Waals surface area contributed by atoms with Crippen LogP contribution in [0.4, 0.5) is 0 Å². The number of hydrogen-bond donors (Lipinski definition) is 1. The molecule has 0 radical (unpaired) electrons. The van der Waals surface area contributed by atoms with Gasteiger partial charge in [-0.2, -0.15) is 0 Å². The van der Waals surface area contributed by atoms with E-state index in [0.717, 1.165) is 27.8 Å². The van der Waals surface area contributed by atoms with E-state index in [2.05, 4.69) is 21.2 Å². The molecular weight excluding hydrogens is 382 g/mol. The Morgan fingerprint density at radius 2 is 1.88 bits per heavy atom. The van der Waals surface area contributed by atoms with Gasteiger partial charge in [-0.3, -0.25) is 4.79 Å². The smallest absolute Gasteiger partial charge is 0.261 e. The lowest BCUT2D eigenvalue weighted by Gasteiger charge is -2.22. The number of ether oxygens (including phenoxy) is 2. The van der Waals surface area contributed by atoms with Gasteiger partial charge in [-0.15, -0.1) is 0 Å². The Hall–Kier alpha value is -2.01. The highest BCUT2D eigenvalue weighted by atomic mass is 79.9. The largest absolute Gasteiger partial charge is 0.496 e. The van der Waals surface area contributed by atoms with E-state index < -0.39 is 6.10 Å². The third-order valence-corrected chi connectivity index (χ3v) is 4.57. The molecule has 0 aliphatic carbocycles. The lowest BCUT2D eigenvalue weighted by Crippen LogP contribution is -2.38. The molecule has 0 heterocycles. The Kier molecular flexibility index (Phi) is 6.88. The fraction of sp³-hybridized carbons (Fsp3) is 0.350. The van der Waals surface area contributed by atoms with Gasteiger partial charge in [-0.1, -0.05) is 35.0 Å². The van der Waals surface area contributed by atoms with Gasteiger partial charge in [0.15, 0.2) is 6.10 Å². The Bertz CT molecular complexity index is 715. The van der Waals surface area contributed by atoms with Gasteiger partial charge < -0.3 is 14.8 Å². The number of aryl methyl sites for hydroxylation is 1. The van der Waals surface area contributed by atoms with Crippen LogP contribution in [0.5, 0.6) is 11.5 Å². The lowest BCUT2D eigenvalue weighted by molar-refractivity contribution is -0.128. The van der Waals surface area contributed by atoms with Gasteiger partial charge >= 0.3 is 0 Å². The second-order valence-electron chi connectivity index (χ2n) is 5.91. The summed E-state index contributed by atoms with van der Waals surface area (Å²) >= 11 is 3.38. The predicted molar refractivity (Wildman–Crippen MR) is 103 cm³/mol. The Labute approximate surface area is 157 Å². The predicted octanol–water partition coefficient (Wildman–Crippen LogP) is 4.80. The van der Waals surface area contributed by atoms with E-state index in [1.807, 2.05) is 56.3 Å². The van der Waals surface area contributed by atoms with E-state index in [4.69, 9.17) is 9.47 Å². The summed E-state index contributed by atoms with van der Waals surface area (Å²) in [5.41, 5.74) is 2.11. The van der Waals surface area contributed by atoms with Gasteiger partial charge in [0.2, 0.25) is 0 Å². The van der Waals surface area contributed by atoms with Gasteiger partial charge in [-0.05, 0) is 61.7 Å². The van der Waals surface area contributed by atoms with Gasteiger partial charge in [0.05, 0.1) is 13.2 Å². The zero-order valence-corrected chi connectivity index (χ0v) is 16.6. The van der Waals surface area contributed by atoms with Crippen molar-refractivity contribution in [1.82, 2.24) is 5.32 Å². The maximum atomic E-state index is 12.5. The molecular formula is C20H24BrNO3. The van der Waals surface area contributed by atoms with Crippen molar-refractivity contribution in [3.63, 3.8) is 0 Å². The average Bonchev–Trinajstić information content (AvgIpc) is 2.61. The molecule has 134 valence electrons. The molecule has 0 spiro atoms. The van der Waals surface area contributed by atoms with E-state index in [1.54, 1.807) is 14.0 Å². The summed E-state index contributed by atoms with van der Waals surface area (Å²) in [5.74, 6) is 1.37. The fourth-order valence-electron chi connectivity index (χ4n) is 2.60. The van der Waals surface area contributed by atoms with Crippen molar-refractivity contribution in [1.29, 1.82) is 0 Å². The van der Waals surface area contributed by atoms with Crippen molar-refractivity contribution in [2.45, 2.75) is 39.3 Å². The summed E-state index contributed by atoms with van der Waals surface area (Å²) in [7, 11) is 1.65. The summed E-state index contributed by atoms with van der Waals surface area (Å²) < 4.78 is 12.0. The Morgan fingerprint density at radius 3 is 2.44 bits per heavy atom. The van der Waals surface area contributed by atoms with Gasteiger partial charge in [0.1, 0.15) is 11.5 Å². The Balaban J connectivity index is 2.03. The molecule has 2 aromatic rings. The first-order chi connectivity index (χ1) is 11.9. The average molecular weight is 406 g/mol. The molecule has 2 rings (SSSR count). The van der Waals surface area contributed by atoms with E-state index in [0.29, 0.717) is 5.75 Å². The van der Waals surface area contributed by atoms with Crippen molar-refractivity contribution in [2.24, 2.45) is 0 Å². The van der Waals surface area contributed by atoms with Crippen LogP contribution in [0.3, 0.4) is 0 Å². The number of hydrogen-bond acceptors (Lipinski definition) is 3.